The number of nitrogens with zero attached hydrogens (tertiary/aromatic N) is 2. The van der Waals surface area contributed by atoms with Crippen LogP contribution in [-0.4, -0.2) is 23.6 Å². The molecule has 0 spiro atoms. The molecule has 0 fully saturated rings. The summed E-state index contributed by atoms with van der Waals surface area (Å²) in [6, 6.07) is 8.79. The Morgan fingerprint density at radius 2 is 1.96 bits per heavy atom. The quantitative estimate of drug-likeness (QED) is 0.714. The van der Waals surface area contributed by atoms with Crippen LogP contribution in [0.5, 0.6) is 0 Å². The molecule has 0 radical (unpaired) electrons. The first-order valence-corrected chi connectivity index (χ1v) is 9.13. The van der Waals surface area contributed by atoms with Crippen molar-refractivity contribution in [2.75, 3.05) is 4.72 Å². The standard InChI is InChI=1S/C16H18N4O3S/c1-3-11-7-5-6-8-13(11)20-24(21,22)12-9-14(17-10-12)16-19-18-15(4-2)23-16/h5-10,17,20H,3-4H2,1-2H3. The number of anilines is 1. The summed E-state index contributed by atoms with van der Waals surface area (Å²) in [5.41, 5.74) is 1.97. The SMILES string of the molecule is CCc1nnc(-c2cc(S(=O)(=O)Nc3ccccc3CC)c[nH]2)o1. The van der Waals surface area contributed by atoms with E-state index in [9.17, 15) is 8.42 Å². The zero-order valence-corrected chi connectivity index (χ0v) is 14.2. The fourth-order valence-corrected chi connectivity index (χ4v) is 3.38. The molecule has 0 aliphatic carbocycles. The van der Waals surface area contributed by atoms with Gasteiger partial charge in [0.05, 0.1) is 5.69 Å². The van der Waals surface area contributed by atoms with E-state index >= 15 is 0 Å². The van der Waals surface area contributed by atoms with Gasteiger partial charge in [-0.3, -0.25) is 4.72 Å². The molecule has 0 amide bonds. The summed E-state index contributed by atoms with van der Waals surface area (Å²) in [5, 5.41) is 7.77. The Hall–Kier alpha value is -2.61. The summed E-state index contributed by atoms with van der Waals surface area (Å²) < 4.78 is 33.2. The molecule has 1 aromatic carbocycles. The van der Waals surface area contributed by atoms with Gasteiger partial charge in [-0.1, -0.05) is 32.0 Å². The predicted octanol–water partition coefficient (Wildman–Crippen LogP) is 2.99. The van der Waals surface area contributed by atoms with Crippen LogP contribution in [-0.2, 0) is 22.9 Å². The largest absolute Gasteiger partial charge is 0.419 e. The second-order valence-corrected chi connectivity index (χ2v) is 6.90. The fourth-order valence-electron chi connectivity index (χ4n) is 2.29. The molecule has 3 aromatic rings. The van der Waals surface area contributed by atoms with Gasteiger partial charge in [-0.05, 0) is 24.1 Å². The molecule has 0 aliphatic heterocycles. The highest BCUT2D eigenvalue weighted by molar-refractivity contribution is 7.92. The molecular weight excluding hydrogens is 328 g/mol. The lowest BCUT2D eigenvalue weighted by molar-refractivity contribution is 0.511. The molecule has 2 N–H and O–H groups in total. The highest BCUT2D eigenvalue weighted by Crippen LogP contribution is 2.24. The fraction of sp³-hybridized carbons (Fsp3) is 0.250. The monoisotopic (exact) mass is 346 g/mol. The van der Waals surface area contributed by atoms with E-state index < -0.39 is 10.0 Å². The number of aromatic nitrogens is 3. The van der Waals surface area contributed by atoms with Gasteiger partial charge in [-0.15, -0.1) is 10.2 Å². The van der Waals surface area contributed by atoms with Gasteiger partial charge < -0.3 is 9.40 Å². The Kier molecular flexibility index (Phi) is 4.39. The Balaban J connectivity index is 1.88. The number of H-pyrrole nitrogens is 1. The summed E-state index contributed by atoms with van der Waals surface area (Å²) >= 11 is 0. The van der Waals surface area contributed by atoms with Crippen LogP contribution < -0.4 is 4.72 Å². The van der Waals surface area contributed by atoms with Crippen molar-refractivity contribution >= 4 is 15.7 Å². The molecule has 126 valence electrons. The molecule has 0 aliphatic rings. The van der Waals surface area contributed by atoms with Crippen LogP contribution in [0.15, 0.2) is 45.8 Å². The van der Waals surface area contributed by atoms with Gasteiger partial charge in [0.15, 0.2) is 0 Å². The normalized spacial score (nSPS) is 11.6. The smallest absolute Gasteiger partial charge is 0.264 e. The highest BCUT2D eigenvalue weighted by atomic mass is 32.2. The lowest BCUT2D eigenvalue weighted by atomic mass is 10.1. The van der Waals surface area contributed by atoms with E-state index in [0.717, 1.165) is 12.0 Å². The average Bonchev–Trinajstić information content (AvgIpc) is 3.24. The van der Waals surface area contributed by atoms with Crippen LogP contribution in [0.25, 0.3) is 11.6 Å². The molecule has 0 atom stereocenters. The maximum atomic E-state index is 12.6. The van der Waals surface area contributed by atoms with Crippen molar-refractivity contribution in [3.8, 4) is 11.6 Å². The number of aromatic amines is 1. The number of para-hydroxylation sites is 1. The molecule has 0 bridgehead atoms. The van der Waals surface area contributed by atoms with Crippen LogP contribution in [0, 0.1) is 0 Å². The summed E-state index contributed by atoms with van der Waals surface area (Å²) in [6.07, 6.45) is 2.76. The number of benzene rings is 1. The summed E-state index contributed by atoms with van der Waals surface area (Å²) in [5.74, 6) is 0.765. The molecule has 0 saturated heterocycles. The van der Waals surface area contributed by atoms with Crippen molar-refractivity contribution in [3.05, 3.63) is 48.0 Å². The van der Waals surface area contributed by atoms with Crippen LogP contribution in [0.4, 0.5) is 5.69 Å². The van der Waals surface area contributed by atoms with Crippen molar-refractivity contribution in [1.82, 2.24) is 15.2 Å². The first-order valence-electron chi connectivity index (χ1n) is 7.65. The number of hydrogen-bond acceptors (Lipinski definition) is 5. The lowest BCUT2D eigenvalue weighted by Crippen LogP contribution is -2.13. The molecule has 0 unspecified atom stereocenters. The molecule has 2 aromatic heterocycles. The van der Waals surface area contributed by atoms with E-state index in [-0.39, 0.29) is 10.8 Å². The van der Waals surface area contributed by atoms with Gasteiger partial charge in [0.1, 0.15) is 10.6 Å². The van der Waals surface area contributed by atoms with E-state index in [1.165, 1.54) is 12.3 Å². The van der Waals surface area contributed by atoms with E-state index in [1.807, 2.05) is 26.0 Å². The van der Waals surface area contributed by atoms with Crippen molar-refractivity contribution in [1.29, 1.82) is 0 Å². The second kappa shape index (κ2) is 6.48. The van der Waals surface area contributed by atoms with Gasteiger partial charge in [0.25, 0.3) is 15.9 Å². The lowest BCUT2D eigenvalue weighted by Gasteiger charge is -2.10. The number of sulfonamides is 1. The van der Waals surface area contributed by atoms with Crippen LogP contribution in [0.1, 0.15) is 25.3 Å². The maximum absolute atomic E-state index is 12.6. The maximum Gasteiger partial charge on any atom is 0.264 e. The molecule has 3 rings (SSSR count). The minimum Gasteiger partial charge on any atom is -0.419 e. The van der Waals surface area contributed by atoms with E-state index in [2.05, 4.69) is 19.9 Å². The van der Waals surface area contributed by atoms with Crippen molar-refractivity contribution in [2.45, 2.75) is 31.6 Å². The molecule has 2 heterocycles. The molecule has 0 saturated carbocycles. The number of rotatable bonds is 6. The van der Waals surface area contributed by atoms with Gasteiger partial charge in [0, 0.05) is 12.6 Å². The third-order valence-corrected chi connectivity index (χ3v) is 4.95. The Labute approximate surface area is 140 Å². The van der Waals surface area contributed by atoms with Crippen molar-refractivity contribution in [2.24, 2.45) is 0 Å². The topological polar surface area (TPSA) is 101 Å². The third kappa shape index (κ3) is 3.18. The van der Waals surface area contributed by atoms with Gasteiger partial charge in [-0.25, -0.2) is 8.42 Å². The Bertz CT molecular complexity index is 944. The molecular formula is C16H18N4O3S. The van der Waals surface area contributed by atoms with Gasteiger partial charge in [0.2, 0.25) is 5.89 Å². The van der Waals surface area contributed by atoms with Crippen molar-refractivity contribution < 1.29 is 12.8 Å². The van der Waals surface area contributed by atoms with E-state index in [1.54, 1.807) is 12.1 Å². The summed E-state index contributed by atoms with van der Waals surface area (Å²) in [7, 11) is -3.70. The van der Waals surface area contributed by atoms with Crippen LogP contribution >= 0.6 is 0 Å². The first kappa shape index (κ1) is 16.3. The summed E-state index contributed by atoms with van der Waals surface area (Å²) in [4.78, 5) is 2.98. The third-order valence-electron chi connectivity index (χ3n) is 3.61. The van der Waals surface area contributed by atoms with Gasteiger partial charge >= 0.3 is 0 Å². The number of hydrogen-bond donors (Lipinski definition) is 2. The van der Waals surface area contributed by atoms with Crippen LogP contribution in [0.3, 0.4) is 0 Å². The number of aryl methyl sites for hydroxylation is 2. The number of nitrogens with one attached hydrogen (secondary N) is 2. The minimum atomic E-state index is -3.70. The summed E-state index contributed by atoms with van der Waals surface area (Å²) in [6.45, 7) is 3.87. The Morgan fingerprint density at radius 3 is 2.67 bits per heavy atom. The Morgan fingerprint density at radius 1 is 1.17 bits per heavy atom. The minimum absolute atomic E-state index is 0.111. The first-order chi connectivity index (χ1) is 11.5. The zero-order valence-electron chi connectivity index (χ0n) is 13.4. The van der Waals surface area contributed by atoms with Crippen molar-refractivity contribution in [3.63, 3.8) is 0 Å². The highest BCUT2D eigenvalue weighted by Gasteiger charge is 2.19. The molecule has 8 heteroatoms. The second-order valence-electron chi connectivity index (χ2n) is 5.22. The van der Waals surface area contributed by atoms with E-state index in [4.69, 9.17) is 4.42 Å². The predicted molar refractivity (Wildman–Crippen MR) is 90.1 cm³/mol. The average molecular weight is 346 g/mol. The van der Waals surface area contributed by atoms with Gasteiger partial charge in [-0.2, -0.15) is 0 Å². The van der Waals surface area contributed by atoms with E-state index in [0.29, 0.717) is 23.7 Å². The zero-order chi connectivity index (χ0) is 17.2. The molecule has 7 nitrogen and oxygen atoms in total. The molecule has 24 heavy (non-hydrogen) atoms. The van der Waals surface area contributed by atoms with Crippen LogP contribution in [0.2, 0.25) is 0 Å².